The minimum atomic E-state index is -3.86. The number of hydrogen-bond acceptors (Lipinski definition) is 5. The van der Waals surface area contributed by atoms with Gasteiger partial charge in [0.15, 0.2) is 0 Å². The molecule has 176 valence electrons. The van der Waals surface area contributed by atoms with E-state index in [1.807, 2.05) is 12.1 Å². The maximum absolute atomic E-state index is 13.2. The van der Waals surface area contributed by atoms with Gasteiger partial charge >= 0.3 is 0 Å². The van der Waals surface area contributed by atoms with Crippen molar-refractivity contribution in [3.63, 3.8) is 0 Å². The molecule has 0 spiro atoms. The third-order valence-corrected chi connectivity index (χ3v) is 7.38. The van der Waals surface area contributed by atoms with Gasteiger partial charge in [0, 0.05) is 24.2 Å². The molecule has 0 aromatic heterocycles. The molecule has 2 aliphatic carbocycles. The molecular formula is C24H29N3O5S. The van der Waals surface area contributed by atoms with Crippen molar-refractivity contribution in [3.05, 3.63) is 59.7 Å². The normalized spacial score (nSPS) is 16.7. The van der Waals surface area contributed by atoms with Gasteiger partial charge in [-0.1, -0.05) is 12.1 Å². The fourth-order valence-corrected chi connectivity index (χ4v) is 4.78. The van der Waals surface area contributed by atoms with Gasteiger partial charge in [0.05, 0.1) is 18.0 Å². The molecule has 0 heterocycles. The second kappa shape index (κ2) is 9.52. The van der Waals surface area contributed by atoms with Crippen molar-refractivity contribution in [3.8, 4) is 5.75 Å². The molecule has 2 amide bonds. The average molecular weight is 472 g/mol. The molecule has 0 bridgehead atoms. The zero-order chi connectivity index (χ0) is 23.6. The lowest BCUT2D eigenvalue weighted by molar-refractivity contribution is -0.133. The van der Waals surface area contributed by atoms with Gasteiger partial charge in [-0.3, -0.25) is 9.59 Å². The first-order valence-electron chi connectivity index (χ1n) is 11.1. The number of hydrogen-bond donors (Lipinski definition) is 2. The van der Waals surface area contributed by atoms with Crippen LogP contribution >= 0.6 is 0 Å². The van der Waals surface area contributed by atoms with Gasteiger partial charge in [-0.2, -0.15) is 4.72 Å². The standard InChI is InChI=1S/C24H29N3O5S/c1-16(26-33(30,31)22-13-11-21(32-2)12-14-22)24(29)27(20-9-10-20)15-17-3-5-18(6-4-17)23(28)25-19-7-8-19/h3-6,11-14,16,19-20,26H,7-10,15H2,1-2H3,(H,25,28)/t16-/m0/s1. The summed E-state index contributed by atoms with van der Waals surface area (Å²) in [5, 5.41) is 2.96. The van der Waals surface area contributed by atoms with E-state index in [-0.39, 0.29) is 22.8 Å². The Morgan fingerprint density at radius 2 is 1.67 bits per heavy atom. The Morgan fingerprint density at radius 3 is 2.21 bits per heavy atom. The molecule has 4 rings (SSSR count). The van der Waals surface area contributed by atoms with E-state index in [0.717, 1.165) is 31.2 Å². The second-order valence-electron chi connectivity index (χ2n) is 8.66. The van der Waals surface area contributed by atoms with Gasteiger partial charge in [-0.25, -0.2) is 8.42 Å². The summed E-state index contributed by atoms with van der Waals surface area (Å²) in [6.07, 6.45) is 3.85. The van der Waals surface area contributed by atoms with Gasteiger partial charge in [0.2, 0.25) is 15.9 Å². The third-order valence-electron chi connectivity index (χ3n) is 5.82. The first-order chi connectivity index (χ1) is 15.8. The molecule has 1 atom stereocenters. The first-order valence-corrected chi connectivity index (χ1v) is 12.6. The second-order valence-corrected chi connectivity index (χ2v) is 10.4. The SMILES string of the molecule is COc1ccc(S(=O)(=O)N[C@@H](C)C(=O)N(Cc2ccc(C(=O)NC3CC3)cc2)C2CC2)cc1. The van der Waals surface area contributed by atoms with Gasteiger partial charge in [0.25, 0.3) is 5.91 Å². The Labute approximate surface area is 194 Å². The highest BCUT2D eigenvalue weighted by Gasteiger charge is 2.36. The summed E-state index contributed by atoms with van der Waals surface area (Å²) in [5.41, 5.74) is 1.49. The molecule has 2 N–H and O–H groups in total. The monoisotopic (exact) mass is 471 g/mol. The van der Waals surface area contributed by atoms with E-state index < -0.39 is 16.1 Å². The highest BCUT2D eigenvalue weighted by molar-refractivity contribution is 7.89. The van der Waals surface area contributed by atoms with Crippen LogP contribution in [0, 0.1) is 0 Å². The lowest BCUT2D eigenvalue weighted by Gasteiger charge is -2.26. The summed E-state index contributed by atoms with van der Waals surface area (Å²) in [6.45, 7) is 1.92. The predicted octanol–water partition coefficient (Wildman–Crippen LogP) is 2.45. The van der Waals surface area contributed by atoms with Crippen LogP contribution in [0.5, 0.6) is 5.75 Å². The van der Waals surface area contributed by atoms with Crippen LogP contribution in [0.3, 0.4) is 0 Å². The van der Waals surface area contributed by atoms with Gasteiger partial charge < -0.3 is 15.0 Å². The van der Waals surface area contributed by atoms with E-state index in [9.17, 15) is 18.0 Å². The van der Waals surface area contributed by atoms with E-state index in [2.05, 4.69) is 10.0 Å². The number of benzene rings is 2. The lowest BCUT2D eigenvalue weighted by Crippen LogP contribution is -2.47. The number of sulfonamides is 1. The number of nitrogens with one attached hydrogen (secondary N) is 2. The molecule has 2 saturated carbocycles. The number of carbonyl (C=O) groups is 2. The molecule has 33 heavy (non-hydrogen) atoms. The van der Waals surface area contributed by atoms with Crippen molar-refractivity contribution >= 4 is 21.8 Å². The Kier molecular flexibility index (Phi) is 6.71. The summed E-state index contributed by atoms with van der Waals surface area (Å²) in [7, 11) is -2.35. The number of nitrogens with zero attached hydrogens (tertiary/aromatic N) is 1. The highest BCUT2D eigenvalue weighted by atomic mass is 32.2. The Balaban J connectivity index is 1.40. The zero-order valence-electron chi connectivity index (χ0n) is 18.8. The smallest absolute Gasteiger partial charge is 0.251 e. The van der Waals surface area contributed by atoms with E-state index in [0.29, 0.717) is 23.9 Å². The minimum absolute atomic E-state index is 0.0704. The first kappa shape index (κ1) is 23.3. The maximum Gasteiger partial charge on any atom is 0.251 e. The van der Waals surface area contributed by atoms with Crippen molar-refractivity contribution in [2.75, 3.05) is 7.11 Å². The fourth-order valence-electron chi connectivity index (χ4n) is 3.58. The molecule has 0 radical (unpaired) electrons. The molecule has 2 aromatic rings. The summed E-state index contributed by atoms with van der Waals surface area (Å²) in [4.78, 5) is 27.1. The Bertz CT molecular complexity index is 1110. The number of ether oxygens (including phenoxy) is 1. The predicted molar refractivity (Wildman–Crippen MR) is 123 cm³/mol. The largest absolute Gasteiger partial charge is 0.497 e. The van der Waals surface area contributed by atoms with Crippen LogP contribution < -0.4 is 14.8 Å². The van der Waals surface area contributed by atoms with Crippen molar-refractivity contribution in [1.29, 1.82) is 0 Å². The number of carbonyl (C=O) groups excluding carboxylic acids is 2. The maximum atomic E-state index is 13.2. The van der Waals surface area contributed by atoms with E-state index in [1.54, 1.807) is 36.1 Å². The third kappa shape index (κ3) is 5.91. The molecule has 9 heteroatoms. The lowest BCUT2D eigenvalue weighted by atomic mass is 10.1. The van der Waals surface area contributed by atoms with Crippen molar-refractivity contribution < 1.29 is 22.7 Å². The quantitative estimate of drug-likeness (QED) is 0.554. The molecule has 2 aliphatic rings. The topological polar surface area (TPSA) is 105 Å². The molecule has 0 aliphatic heterocycles. The highest BCUT2D eigenvalue weighted by Crippen LogP contribution is 2.29. The van der Waals surface area contributed by atoms with Crippen LogP contribution in [0.15, 0.2) is 53.4 Å². The van der Waals surface area contributed by atoms with Crippen LogP contribution in [0.25, 0.3) is 0 Å². The number of rotatable bonds is 10. The summed E-state index contributed by atoms with van der Waals surface area (Å²) < 4.78 is 33.0. The number of amides is 2. The van der Waals surface area contributed by atoms with Crippen LogP contribution in [-0.2, 0) is 21.4 Å². The van der Waals surface area contributed by atoms with Gasteiger partial charge in [-0.15, -0.1) is 0 Å². The zero-order valence-corrected chi connectivity index (χ0v) is 19.6. The molecule has 8 nitrogen and oxygen atoms in total. The van der Waals surface area contributed by atoms with Crippen molar-refractivity contribution in [2.45, 2.75) is 62.2 Å². The summed E-state index contributed by atoms with van der Waals surface area (Å²) in [6, 6.07) is 12.7. The van der Waals surface area contributed by atoms with E-state index in [4.69, 9.17) is 4.74 Å². The molecule has 2 aromatic carbocycles. The molecule has 0 unspecified atom stereocenters. The van der Waals surface area contributed by atoms with Crippen LogP contribution in [-0.4, -0.2) is 50.4 Å². The van der Waals surface area contributed by atoms with Gasteiger partial charge in [-0.05, 0) is 74.6 Å². The Morgan fingerprint density at radius 1 is 1.03 bits per heavy atom. The van der Waals surface area contributed by atoms with Crippen LogP contribution in [0.2, 0.25) is 0 Å². The summed E-state index contributed by atoms with van der Waals surface area (Å²) in [5.74, 6) is 0.194. The fraction of sp³-hybridized carbons (Fsp3) is 0.417. The van der Waals surface area contributed by atoms with Crippen LogP contribution in [0.4, 0.5) is 0 Å². The number of methoxy groups -OCH3 is 1. The summed E-state index contributed by atoms with van der Waals surface area (Å²) >= 11 is 0. The molecular weight excluding hydrogens is 442 g/mol. The Hall–Kier alpha value is -2.91. The van der Waals surface area contributed by atoms with Crippen molar-refractivity contribution in [2.24, 2.45) is 0 Å². The van der Waals surface area contributed by atoms with E-state index >= 15 is 0 Å². The van der Waals surface area contributed by atoms with Gasteiger partial charge in [0.1, 0.15) is 5.75 Å². The molecule has 2 fully saturated rings. The average Bonchev–Trinajstić information content (AvgIpc) is 3.72. The minimum Gasteiger partial charge on any atom is -0.497 e. The van der Waals surface area contributed by atoms with E-state index in [1.165, 1.54) is 19.2 Å². The van der Waals surface area contributed by atoms with Crippen LogP contribution in [0.1, 0.15) is 48.5 Å². The van der Waals surface area contributed by atoms with Crippen molar-refractivity contribution in [1.82, 2.24) is 14.9 Å². The molecule has 0 saturated heterocycles.